The van der Waals surface area contributed by atoms with Crippen LogP contribution in [-0.4, -0.2) is 24.3 Å². The first kappa shape index (κ1) is 12.0. The van der Waals surface area contributed by atoms with Gasteiger partial charge >= 0.3 is 6.03 Å². The molecule has 1 aliphatic heterocycles. The summed E-state index contributed by atoms with van der Waals surface area (Å²) in [7, 11) is 0. The van der Waals surface area contributed by atoms with E-state index in [0.29, 0.717) is 23.4 Å². The van der Waals surface area contributed by atoms with Crippen LogP contribution in [0.25, 0.3) is 0 Å². The van der Waals surface area contributed by atoms with Crippen LogP contribution >= 0.6 is 15.9 Å². The number of benzene rings is 1. The van der Waals surface area contributed by atoms with Crippen LogP contribution in [0.4, 0.5) is 4.79 Å². The third kappa shape index (κ3) is 2.46. The van der Waals surface area contributed by atoms with Gasteiger partial charge in [-0.1, -0.05) is 0 Å². The number of urea groups is 1. The molecular weight excluding hydrogens is 288 g/mol. The SMILES string of the molecule is CCOc1cc([C@@H]2CNC(=O)N2)cc(Br)c1O. The van der Waals surface area contributed by atoms with E-state index in [0.717, 1.165) is 5.56 Å². The van der Waals surface area contributed by atoms with Crippen LogP contribution in [0.15, 0.2) is 16.6 Å². The highest BCUT2D eigenvalue weighted by Gasteiger charge is 2.23. The van der Waals surface area contributed by atoms with Crippen LogP contribution in [0.2, 0.25) is 0 Å². The second kappa shape index (κ2) is 4.83. The zero-order valence-corrected chi connectivity index (χ0v) is 10.9. The molecule has 2 amide bonds. The van der Waals surface area contributed by atoms with Crippen LogP contribution in [0.3, 0.4) is 0 Å². The maximum Gasteiger partial charge on any atom is 0.315 e. The fourth-order valence-electron chi connectivity index (χ4n) is 1.72. The van der Waals surface area contributed by atoms with E-state index in [1.807, 2.05) is 6.92 Å². The van der Waals surface area contributed by atoms with Crippen molar-refractivity contribution < 1.29 is 14.6 Å². The molecule has 0 bridgehead atoms. The van der Waals surface area contributed by atoms with E-state index in [1.165, 1.54) is 0 Å². The van der Waals surface area contributed by atoms with Gasteiger partial charge in [0.1, 0.15) is 0 Å². The molecular formula is C11H13BrN2O3. The molecule has 6 heteroatoms. The Bertz CT molecular complexity index is 451. The first-order valence-electron chi connectivity index (χ1n) is 5.31. The molecule has 92 valence electrons. The van der Waals surface area contributed by atoms with Gasteiger partial charge in [0.2, 0.25) is 0 Å². The summed E-state index contributed by atoms with van der Waals surface area (Å²) in [5.41, 5.74) is 0.886. The first-order chi connectivity index (χ1) is 8.11. The van der Waals surface area contributed by atoms with Crippen LogP contribution < -0.4 is 15.4 Å². The Morgan fingerprint density at radius 3 is 2.94 bits per heavy atom. The molecule has 0 spiro atoms. The van der Waals surface area contributed by atoms with Crippen molar-refractivity contribution in [3.05, 3.63) is 22.2 Å². The monoisotopic (exact) mass is 300 g/mol. The Balaban J connectivity index is 2.31. The van der Waals surface area contributed by atoms with Crippen molar-refractivity contribution in [2.75, 3.05) is 13.2 Å². The van der Waals surface area contributed by atoms with Gasteiger partial charge in [-0.25, -0.2) is 4.79 Å². The van der Waals surface area contributed by atoms with Crippen molar-refractivity contribution >= 4 is 22.0 Å². The summed E-state index contributed by atoms with van der Waals surface area (Å²) in [5, 5.41) is 15.2. The van der Waals surface area contributed by atoms with E-state index >= 15 is 0 Å². The lowest BCUT2D eigenvalue weighted by molar-refractivity contribution is 0.247. The summed E-state index contributed by atoms with van der Waals surface area (Å²) < 4.78 is 5.89. The summed E-state index contributed by atoms with van der Waals surface area (Å²) in [6.45, 7) is 2.85. The Labute approximate surface area is 107 Å². The number of amides is 2. The molecule has 0 radical (unpaired) electrons. The smallest absolute Gasteiger partial charge is 0.315 e. The number of carbonyl (C=O) groups excluding carboxylic acids is 1. The fourth-order valence-corrected chi connectivity index (χ4v) is 2.18. The van der Waals surface area contributed by atoms with Crippen LogP contribution in [0, 0.1) is 0 Å². The van der Waals surface area contributed by atoms with Crippen molar-refractivity contribution in [3.63, 3.8) is 0 Å². The summed E-state index contributed by atoms with van der Waals surface area (Å²) in [6.07, 6.45) is 0. The quantitative estimate of drug-likeness (QED) is 0.798. The van der Waals surface area contributed by atoms with E-state index in [9.17, 15) is 9.90 Å². The van der Waals surface area contributed by atoms with Gasteiger partial charge in [-0.15, -0.1) is 0 Å². The van der Waals surface area contributed by atoms with Gasteiger partial charge in [0.05, 0.1) is 17.1 Å². The molecule has 0 aromatic heterocycles. The molecule has 3 N–H and O–H groups in total. The lowest BCUT2D eigenvalue weighted by Crippen LogP contribution is -2.21. The van der Waals surface area contributed by atoms with Crippen LogP contribution in [0.1, 0.15) is 18.5 Å². The number of phenolic OH excluding ortho intramolecular Hbond substituents is 1. The van der Waals surface area contributed by atoms with E-state index < -0.39 is 0 Å². The summed E-state index contributed by atoms with van der Waals surface area (Å²) in [4.78, 5) is 11.1. The molecule has 0 saturated carbocycles. The molecule has 0 aliphatic carbocycles. The number of hydrogen-bond donors (Lipinski definition) is 3. The van der Waals surface area contributed by atoms with E-state index in [1.54, 1.807) is 12.1 Å². The number of carbonyl (C=O) groups is 1. The maximum atomic E-state index is 11.1. The zero-order chi connectivity index (χ0) is 12.4. The van der Waals surface area contributed by atoms with Gasteiger partial charge in [0.15, 0.2) is 11.5 Å². The zero-order valence-electron chi connectivity index (χ0n) is 9.29. The molecule has 1 saturated heterocycles. The Hall–Kier alpha value is -1.43. The lowest BCUT2D eigenvalue weighted by atomic mass is 10.1. The molecule has 1 aliphatic rings. The first-order valence-corrected chi connectivity index (χ1v) is 6.10. The second-order valence-corrected chi connectivity index (χ2v) is 4.54. The van der Waals surface area contributed by atoms with E-state index in [4.69, 9.17) is 4.74 Å². The molecule has 2 rings (SSSR count). The van der Waals surface area contributed by atoms with Crippen molar-refractivity contribution in [1.82, 2.24) is 10.6 Å². The highest BCUT2D eigenvalue weighted by molar-refractivity contribution is 9.10. The van der Waals surface area contributed by atoms with Crippen molar-refractivity contribution in [2.45, 2.75) is 13.0 Å². The highest BCUT2D eigenvalue weighted by Crippen LogP contribution is 2.37. The van der Waals surface area contributed by atoms with Gasteiger partial charge in [-0.05, 0) is 40.5 Å². The third-order valence-corrected chi connectivity index (χ3v) is 3.13. The average Bonchev–Trinajstić information content (AvgIpc) is 2.71. The van der Waals surface area contributed by atoms with Gasteiger partial charge in [-0.3, -0.25) is 0 Å². The topological polar surface area (TPSA) is 70.6 Å². The highest BCUT2D eigenvalue weighted by atomic mass is 79.9. The molecule has 1 fully saturated rings. The van der Waals surface area contributed by atoms with E-state index in [-0.39, 0.29) is 17.8 Å². The number of ether oxygens (including phenoxy) is 1. The molecule has 17 heavy (non-hydrogen) atoms. The normalized spacial score (nSPS) is 18.7. The predicted octanol–water partition coefficient (Wildman–Crippen LogP) is 1.91. The second-order valence-electron chi connectivity index (χ2n) is 3.69. The minimum Gasteiger partial charge on any atom is -0.503 e. The van der Waals surface area contributed by atoms with Crippen LogP contribution in [-0.2, 0) is 0 Å². The van der Waals surface area contributed by atoms with Gasteiger partial charge in [0, 0.05) is 6.54 Å². The van der Waals surface area contributed by atoms with Gasteiger partial charge in [-0.2, -0.15) is 0 Å². The number of aromatic hydroxyl groups is 1. The summed E-state index contributed by atoms with van der Waals surface area (Å²) >= 11 is 3.27. The van der Waals surface area contributed by atoms with Crippen molar-refractivity contribution in [2.24, 2.45) is 0 Å². The molecule has 5 nitrogen and oxygen atoms in total. The standard InChI is InChI=1S/C11H13BrN2O3/c1-2-17-9-4-6(3-7(12)10(9)15)8-5-13-11(16)14-8/h3-4,8,15H,2,5H2,1H3,(H2,13,14,16)/t8-/m0/s1. The third-order valence-electron chi connectivity index (χ3n) is 2.53. The van der Waals surface area contributed by atoms with Crippen molar-refractivity contribution in [3.8, 4) is 11.5 Å². The Morgan fingerprint density at radius 1 is 1.59 bits per heavy atom. The molecule has 1 aromatic rings. The predicted molar refractivity (Wildman–Crippen MR) is 66.3 cm³/mol. The summed E-state index contributed by atoms with van der Waals surface area (Å²) in [5.74, 6) is 0.492. The number of nitrogens with one attached hydrogen (secondary N) is 2. The van der Waals surface area contributed by atoms with E-state index in [2.05, 4.69) is 26.6 Å². The maximum absolute atomic E-state index is 11.1. The minimum absolute atomic E-state index is 0.0767. The summed E-state index contributed by atoms with van der Waals surface area (Å²) in [6, 6.07) is 3.23. The minimum atomic E-state index is -0.183. The largest absolute Gasteiger partial charge is 0.503 e. The molecule has 0 unspecified atom stereocenters. The molecule has 1 atom stereocenters. The number of rotatable bonds is 3. The van der Waals surface area contributed by atoms with Gasteiger partial charge in [0.25, 0.3) is 0 Å². The Morgan fingerprint density at radius 2 is 2.35 bits per heavy atom. The Kier molecular flexibility index (Phi) is 3.42. The fraction of sp³-hybridized carbons (Fsp3) is 0.364. The van der Waals surface area contributed by atoms with Gasteiger partial charge < -0.3 is 20.5 Å². The van der Waals surface area contributed by atoms with Crippen LogP contribution in [0.5, 0.6) is 11.5 Å². The molecule has 1 aromatic carbocycles. The number of halogens is 1. The number of phenols is 1. The van der Waals surface area contributed by atoms with Crippen molar-refractivity contribution in [1.29, 1.82) is 0 Å². The lowest BCUT2D eigenvalue weighted by Gasteiger charge is -2.14. The average molecular weight is 301 g/mol. The number of hydrogen-bond acceptors (Lipinski definition) is 3. The molecule has 1 heterocycles.